The molecule has 2 aliphatic rings. The Hall–Kier alpha value is -2.14. The molecule has 0 fully saturated rings. The minimum atomic E-state index is -0.328. The molecule has 5 heteroatoms. The van der Waals surface area contributed by atoms with Crippen molar-refractivity contribution in [3.63, 3.8) is 0 Å². The summed E-state index contributed by atoms with van der Waals surface area (Å²) in [5.41, 5.74) is 2.11. The minimum Gasteiger partial charge on any atom is -0.459 e. The number of fused-ring (bicyclic) bond motifs is 1. The number of aliphatic hydroxyl groups excluding tert-OH is 1. The van der Waals surface area contributed by atoms with Crippen LogP contribution in [0.3, 0.4) is 0 Å². The quantitative estimate of drug-likeness (QED) is 0.443. The van der Waals surface area contributed by atoms with E-state index in [4.69, 9.17) is 4.74 Å². The van der Waals surface area contributed by atoms with Gasteiger partial charge >= 0.3 is 5.97 Å². The van der Waals surface area contributed by atoms with Crippen LogP contribution in [-0.4, -0.2) is 32.8 Å². The maximum atomic E-state index is 12.5. The predicted molar refractivity (Wildman–Crippen MR) is 119 cm³/mol. The van der Waals surface area contributed by atoms with Crippen LogP contribution < -0.4 is 0 Å². The van der Waals surface area contributed by atoms with E-state index in [9.17, 15) is 9.90 Å². The van der Waals surface area contributed by atoms with Gasteiger partial charge in [-0.15, -0.1) is 0 Å². The second-order valence-corrected chi connectivity index (χ2v) is 9.29. The van der Waals surface area contributed by atoms with Crippen LogP contribution in [-0.2, 0) is 16.6 Å². The molecular formula is C25H36N2O3. The summed E-state index contributed by atoms with van der Waals surface area (Å²) in [7, 11) is 1.90. The minimum absolute atomic E-state index is 0.167. The molecule has 1 aromatic heterocycles. The first-order valence-corrected chi connectivity index (χ1v) is 11.2. The normalized spacial score (nSPS) is 30.2. The Morgan fingerprint density at radius 1 is 1.27 bits per heavy atom. The molecule has 0 aliphatic heterocycles. The van der Waals surface area contributed by atoms with Crippen LogP contribution in [0.4, 0.5) is 0 Å². The summed E-state index contributed by atoms with van der Waals surface area (Å²) in [5, 5.41) is 10.6. The van der Waals surface area contributed by atoms with Crippen molar-refractivity contribution in [2.45, 2.75) is 65.1 Å². The first-order chi connectivity index (χ1) is 14.3. The van der Waals surface area contributed by atoms with Crippen LogP contribution in [0.15, 0.2) is 42.4 Å². The van der Waals surface area contributed by atoms with Crippen molar-refractivity contribution in [2.24, 2.45) is 30.7 Å². The third-order valence-electron chi connectivity index (χ3n) is 6.65. The summed E-state index contributed by atoms with van der Waals surface area (Å²) < 4.78 is 7.71. The Labute approximate surface area is 180 Å². The number of rotatable bonds is 4. The van der Waals surface area contributed by atoms with E-state index in [2.05, 4.69) is 31.8 Å². The molecule has 0 radical (unpaired) electrons. The third kappa shape index (κ3) is 5.94. The molecule has 5 atom stereocenters. The van der Waals surface area contributed by atoms with E-state index in [1.165, 1.54) is 11.6 Å². The average molecular weight is 413 g/mol. The summed E-state index contributed by atoms with van der Waals surface area (Å²) in [6, 6.07) is 0. The number of carbonyl (C=O) groups excluding carboxylic acids is 1. The van der Waals surface area contributed by atoms with Crippen molar-refractivity contribution in [1.82, 2.24) is 9.55 Å². The van der Waals surface area contributed by atoms with Gasteiger partial charge in [-0.05, 0) is 62.4 Å². The summed E-state index contributed by atoms with van der Waals surface area (Å²) in [6.07, 6.45) is 16.7. The van der Waals surface area contributed by atoms with Gasteiger partial charge in [-0.25, -0.2) is 9.78 Å². The van der Waals surface area contributed by atoms with Crippen LogP contribution in [0.5, 0.6) is 0 Å². The number of hydrogen-bond donors (Lipinski definition) is 1. The van der Waals surface area contributed by atoms with Crippen molar-refractivity contribution in [2.75, 3.05) is 0 Å². The van der Waals surface area contributed by atoms with E-state index >= 15 is 0 Å². The lowest BCUT2D eigenvalue weighted by atomic mass is 9.64. The maximum Gasteiger partial charge on any atom is 0.331 e. The smallest absolute Gasteiger partial charge is 0.331 e. The van der Waals surface area contributed by atoms with E-state index in [-0.39, 0.29) is 18.2 Å². The molecule has 30 heavy (non-hydrogen) atoms. The second-order valence-electron chi connectivity index (χ2n) is 9.29. The Kier molecular flexibility index (Phi) is 7.70. The summed E-state index contributed by atoms with van der Waals surface area (Å²) in [6.45, 7) is 6.75. The van der Waals surface area contributed by atoms with Gasteiger partial charge in [0, 0.05) is 25.7 Å². The fourth-order valence-electron chi connectivity index (χ4n) is 5.01. The fourth-order valence-corrected chi connectivity index (χ4v) is 5.01. The van der Waals surface area contributed by atoms with Crippen LogP contribution in [0.1, 0.15) is 58.6 Å². The first kappa shape index (κ1) is 22.5. The molecule has 0 bridgehead atoms. The standard InChI is InChI=1S/C25H36N2O3/c1-17(2)22-11-9-18(3)23-14-21(8-6-5-7-20(28)13-24(22)23)30-25(29)12-10-19-15-27(4)16-26-19/h5-6,9-10,12,15-17,20-24,28H,7-8,11,13-14H2,1-4H3/t20-,21-,22-,23+,24-/m1/s1. The van der Waals surface area contributed by atoms with Crippen LogP contribution in [0.25, 0.3) is 6.08 Å². The number of allylic oxidation sites excluding steroid dienone is 2. The van der Waals surface area contributed by atoms with Crippen molar-refractivity contribution < 1.29 is 14.6 Å². The number of ether oxygens (including phenoxy) is 1. The lowest BCUT2D eigenvalue weighted by Gasteiger charge is -2.42. The average Bonchev–Trinajstić information content (AvgIpc) is 3.11. The molecule has 2 aliphatic carbocycles. The summed E-state index contributed by atoms with van der Waals surface area (Å²) in [4.78, 5) is 16.7. The molecule has 0 amide bonds. The molecule has 164 valence electrons. The Bertz CT molecular complexity index is 805. The van der Waals surface area contributed by atoms with E-state index in [1.807, 2.05) is 30.0 Å². The first-order valence-electron chi connectivity index (χ1n) is 11.2. The molecule has 1 aromatic rings. The number of hydrogen-bond acceptors (Lipinski definition) is 4. The lowest BCUT2D eigenvalue weighted by molar-refractivity contribution is -0.143. The van der Waals surface area contributed by atoms with Crippen molar-refractivity contribution in [1.29, 1.82) is 0 Å². The zero-order chi connectivity index (χ0) is 21.7. The molecule has 3 rings (SSSR count). The summed E-state index contributed by atoms with van der Waals surface area (Å²) >= 11 is 0. The Morgan fingerprint density at radius 2 is 2.03 bits per heavy atom. The molecule has 0 saturated carbocycles. The maximum absolute atomic E-state index is 12.5. The Balaban J connectivity index is 1.75. The number of imidazole rings is 1. The van der Waals surface area contributed by atoms with Crippen molar-refractivity contribution in [3.8, 4) is 0 Å². The fraction of sp³-hybridized carbons (Fsp3) is 0.600. The van der Waals surface area contributed by atoms with Gasteiger partial charge in [0.25, 0.3) is 0 Å². The predicted octanol–water partition coefficient (Wildman–Crippen LogP) is 4.69. The van der Waals surface area contributed by atoms with Crippen LogP contribution in [0.2, 0.25) is 0 Å². The molecule has 1 N–H and O–H groups in total. The van der Waals surface area contributed by atoms with Gasteiger partial charge in [0.05, 0.1) is 18.1 Å². The number of aliphatic hydroxyl groups is 1. The van der Waals surface area contributed by atoms with Gasteiger partial charge in [-0.2, -0.15) is 0 Å². The number of carbonyl (C=O) groups is 1. The lowest BCUT2D eigenvalue weighted by Crippen LogP contribution is -2.36. The van der Waals surface area contributed by atoms with E-state index in [0.29, 0.717) is 36.5 Å². The molecule has 5 nitrogen and oxygen atoms in total. The highest BCUT2D eigenvalue weighted by molar-refractivity contribution is 5.86. The van der Waals surface area contributed by atoms with Gasteiger partial charge in [0.2, 0.25) is 0 Å². The number of nitrogens with zero attached hydrogens (tertiary/aromatic N) is 2. The number of esters is 1. The van der Waals surface area contributed by atoms with Crippen LogP contribution in [0, 0.1) is 23.7 Å². The Morgan fingerprint density at radius 3 is 2.73 bits per heavy atom. The highest BCUT2D eigenvalue weighted by Crippen LogP contribution is 2.44. The van der Waals surface area contributed by atoms with Gasteiger partial charge in [-0.3, -0.25) is 0 Å². The van der Waals surface area contributed by atoms with E-state index in [1.54, 1.807) is 12.4 Å². The van der Waals surface area contributed by atoms with Crippen molar-refractivity contribution >= 4 is 12.0 Å². The topological polar surface area (TPSA) is 64.3 Å². The SMILES string of the molecule is CC1=CC[C@H](C(C)C)[C@H]2C[C@H](O)CC=CC[C@@H](OC(=O)C=Cc3cn(C)cn3)C[C@@H]12. The van der Waals surface area contributed by atoms with Gasteiger partial charge < -0.3 is 14.4 Å². The largest absolute Gasteiger partial charge is 0.459 e. The number of aromatic nitrogens is 2. The monoisotopic (exact) mass is 412 g/mol. The molecule has 0 aromatic carbocycles. The molecular weight excluding hydrogens is 376 g/mol. The van der Waals surface area contributed by atoms with Gasteiger partial charge in [-0.1, -0.05) is 37.6 Å². The van der Waals surface area contributed by atoms with Gasteiger partial charge in [0.1, 0.15) is 6.10 Å². The summed E-state index contributed by atoms with van der Waals surface area (Å²) in [5.74, 6) is 1.55. The molecule has 0 spiro atoms. The van der Waals surface area contributed by atoms with E-state index < -0.39 is 0 Å². The molecule has 1 heterocycles. The van der Waals surface area contributed by atoms with Gasteiger partial charge in [0.15, 0.2) is 0 Å². The molecule has 0 saturated heterocycles. The number of aryl methyl sites for hydroxylation is 1. The highest BCUT2D eigenvalue weighted by atomic mass is 16.5. The van der Waals surface area contributed by atoms with E-state index in [0.717, 1.165) is 25.0 Å². The zero-order valence-electron chi connectivity index (χ0n) is 18.7. The molecule has 0 unspecified atom stereocenters. The second kappa shape index (κ2) is 10.3. The zero-order valence-corrected chi connectivity index (χ0v) is 18.7. The third-order valence-corrected chi connectivity index (χ3v) is 6.65. The highest BCUT2D eigenvalue weighted by Gasteiger charge is 2.37. The van der Waals surface area contributed by atoms with Crippen molar-refractivity contribution in [3.05, 3.63) is 48.1 Å². The van der Waals surface area contributed by atoms with Crippen LogP contribution >= 0.6 is 0 Å².